The van der Waals surface area contributed by atoms with Crippen molar-refractivity contribution in [1.29, 1.82) is 0 Å². The first-order valence-electron chi connectivity index (χ1n) is 4.50. The van der Waals surface area contributed by atoms with E-state index in [1.54, 1.807) is 7.11 Å². The molecule has 0 radical (unpaired) electrons. The molecule has 4 nitrogen and oxygen atoms in total. The van der Waals surface area contributed by atoms with E-state index in [2.05, 4.69) is 5.32 Å². The molecule has 0 fully saturated rings. The molecule has 0 unspecified atom stereocenters. The topological polar surface area (TPSA) is 47.6 Å². The lowest BCUT2D eigenvalue weighted by Gasteiger charge is -2.07. The van der Waals surface area contributed by atoms with Crippen molar-refractivity contribution in [3.05, 3.63) is 0 Å². The summed E-state index contributed by atoms with van der Waals surface area (Å²) in [5.41, 5.74) is 0. The molecule has 0 aromatic heterocycles. The Hall–Kier alpha value is -0.610. The van der Waals surface area contributed by atoms with Crippen molar-refractivity contribution in [2.24, 2.45) is 5.92 Å². The molecule has 1 N–H and O–H groups in total. The van der Waals surface area contributed by atoms with Gasteiger partial charge in [0.05, 0.1) is 13.2 Å². The van der Waals surface area contributed by atoms with Crippen LogP contribution in [0.15, 0.2) is 0 Å². The molecule has 0 aromatic rings. The standard InChI is InChI=1S/C9H19NO3/c1-8(2)6-10-9(11)7-13-5-4-12-3/h8H,4-7H2,1-3H3,(H,10,11). The van der Waals surface area contributed by atoms with Gasteiger partial charge in [0.1, 0.15) is 6.61 Å². The second kappa shape index (κ2) is 8.01. The first kappa shape index (κ1) is 12.4. The maximum atomic E-state index is 11.0. The minimum atomic E-state index is -0.0650. The molecule has 0 atom stereocenters. The van der Waals surface area contributed by atoms with E-state index in [4.69, 9.17) is 9.47 Å². The van der Waals surface area contributed by atoms with Crippen molar-refractivity contribution >= 4 is 5.91 Å². The SMILES string of the molecule is COCCOCC(=O)NCC(C)C. The Kier molecular flexibility index (Phi) is 7.63. The predicted molar refractivity (Wildman–Crippen MR) is 50.5 cm³/mol. The highest BCUT2D eigenvalue weighted by Crippen LogP contribution is 1.86. The van der Waals surface area contributed by atoms with Gasteiger partial charge in [-0.15, -0.1) is 0 Å². The molecule has 13 heavy (non-hydrogen) atoms. The third-order valence-corrected chi connectivity index (χ3v) is 1.37. The quantitative estimate of drug-likeness (QED) is 0.590. The highest BCUT2D eigenvalue weighted by Gasteiger charge is 2.01. The summed E-state index contributed by atoms with van der Waals surface area (Å²) in [7, 11) is 1.60. The van der Waals surface area contributed by atoms with Crippen LogP contribution >= 0.6 is 0 Å². The third kappa shape index (κ3) is 9.30. The van der Waals surface area contributed by atoms with Gasteiger partial charge in [0.2, 0.25) is 5.91 Å². The Morgan fingerprint density at radius 3 is 2.62 bits per heavy atom. The number of hydrogen-bond donors (Lipinski definition) is 1. The van der Waals surface area contributed by atoms with Crippen molar-refractivity contribution < 1.29 is 14.3 Å². The van der Waals surface area contributed by atoms with Gasteiger partial charge in [-0.1, -0.05) is 13.8 Å². The smallest absolute Gasteiger partial charge is 0.246 e. The largest absolute Gasteiger partial charge is 0.382 e. The van der Waals surface area contributed by atoms with E-state index in [0.29, 0.717) is 25.7 Å². The molecule has 1 amide bonds. The molecule has 78 valence electrons. The molecule has 0 saturated heterocycles. The first-order chi connectivity index (χ1) is 6.16. The average Bonchev–Trinajstić information content (AvgIpc) is 2.09. The van der Waals surface area contributed by atoms with Gasteiger partial charge in [0.25, 0.3) is 0 Å². The van der Waals surface area contributed by atoms with E-state index < -0.39 is 0 Å². The Morgan fingerprint density at radius 2 is 2.08 bits per heavy atom. The van der Waals surface area contributed by atoms with Crippen LogP contribution in [0, 0.1) is 5.92 Å². The van der Waals surface area contributed by atoms with E-state index in [9.17, 15) is 4.79 Å². The molecule has 0 saturated carbocycles. The third-order valence-electron chi connectivity index (χ3n) is 1.37. The lowest BCUT2D eigenvalue weighted by Crippen LogP contribution is -2.31. The van der Waals surface area contributed by atoms with Crippen molar-refractivity contribution in [1.82, 2.24) is 5.32 Å². The number of rotatable bonds is 7. The number of nitrogens with one attached hydrogen (secondary N) is 1. The van der Waals surface area contributed by atoms with Crippen LogP contribution < -0.4 is 5.32 Å². The molecule has 0 aliphatic carbocycles. The van der Waals surface area contributed by atoms with E-state index in [0.717, 1.165) is 0 Å². The van der Waals surface area contributed by atoms with Gasteiger partial charge in [-0.3, -0.25) is 4.79 Å². The van der Waals surface area contributed by atoms with Gasteiger partial charge >= 0.3 is 0 Å². The molecule has 4 heteroatoms. The summed E-state index contributed by atoms with van der Waals surface area (Å²) in [5.74, 6) is 0.410. The molecule has 0 heterocycles. The minimum Gasteiger partial charge on any atom is -0.382 e. The van der Waals surface area contributed by atoms with Crippen LogP contribution in [-0.2, 0) is 14.3 Å². The second-order valence-corrected chi connectivity index (χ2v) is 3.24. The Bertz CT molecular complexity index is 137. The molecule has 0 aliphatic heterocycles. The van der Waals surface area contributed by atoms with Crippen molar-refractivity contribution in [3.63, 3.8) is 0 Å². The summed E-state index contributed by atoms with van der Waals surface area (Å²) in [5, 5.41) is 2.75. The van der Waals surface area contributed by atoms with Gasteiger partial charge in [-0.05, 0) is 5.92 Å². The molecular weight excluding hydrogens is 170 g/mol. The normalized spacial score (nSPS) is 10.5. The molecule has 0 bridgehead atoms. The monoisotopic (exact) mass is 189 g/mol. The Labute approximate surface area is 79.6 Å². The van der Waals surface area contributed by atoms with Crippen LogP contribution in [0.2, 0.25) is 0 Å². The summed E-state index contributed by atoms with van der Waals surface area (Å²) in [6.45, 7) is 5.91. The average molecular weight is 189 g/mol. The van der Waals surface area contributed by atoms with Crippen LogP contribution in [-0.4, -0.2) is 39.4 Å². The maximum absolute atomic E-state index is 11.0. The number of carbonyl (C=O) groups excluding carboxylic acids is 1. The highest BCUT2D eigenvalue weighted by molar-refractivity contribution is 5.77. The summed E-state index contributed by atoms with van der Waals surface area (Å²) < 4.78 is 9.80. The zero-order valence-corrected chi connectivity index (χ0v) is 8.63. The van der Waals surface area contributed by atoms with E-state index >= 15 is 0 Å². The highest BCUT2D eigenvalue weighted by atomic mass is 16.5. The number of amides is 1. The van der Waals surface area contributed by atoms with Crippen molar-refractivity contribution in [3.8, 4) is 0 Å². The summed E-state index contributed by atoms with van der Waals surface area (Å²) in [4.78, 5) is 11.0. The lowest BCUT2D eigenvalue weighted by atomic mass is 10.2. The maximum Gasteiger partial charge on any atom is 0.246 e. The fraction of sp³-hybridized carbons (Fsp3) is 0.889. The number of carbonyl (C=O) groups is 1. The van der Waals surface area contributed by atoms with Gasteiger partial charge in [-0.25, -0.2) is 0 Å². The Balaban J connectivity index is 3.20. The first-order valence-corrected chi connectivity index (χ1v) is 4.50. The summed E-state index contributed by atoms with van der Waals surface area (Å²) in [6, 6.07) is 0. The zero-order valence-electron chi connectivity index (χ0n) is 8.63. The second-order valence-electron chi connectivity index (χ2n) is 3.24. The number of hydrogen-bond acceptors (Lipinski definition) is 3. The van der Waals surface area contributed by atoms with E-state index in [1.165, 1.54) is 0 Å². The fourth-order valence-corrected chi connectivity index (χ4v) is 0.676. The lowest BCUT2D eigenvalue weighted by molar-refractivity contribution is -0.126. The molecular formula is C9H19NO3. The van der Waals surface area contributed by atoms with Crippen molar-refractivity contribution in [2.75, 3.05) is 33.5 Å². The van der Waals surface area contributed by atoms with Crippen molar-refractivity contribution in [2.45, 2.75) is 13.8 Å². The minimum absolute atomic E-state index is 0.0650. The van der Waals surface area contributed by atoms with E-state index in [-0.39, 0.29) is 12.5 Å². The zero-order chi connectivity index (χ0) is 10.1. The molecule has 0 aliphatic rings. The van der Waals surface area contributed by atoms with Gasteiger partial charge in [0.15, 0.2) is 0 Å². The van der Waals surface area contributed by atoms with Crippen LogP contribution in [0.3, 0.4) is 0 Å². The van der Waals surface area contributed by atoms with Gasteiger partial charge < -0.3 is 14.8 Å². The van der Waals surface area contributed by atoms with Crippen LogP contribution in [0.5, 0.6) is 0 Å². The predicted octanol–water partition coefficient (Wildman–Crippen LogP) is 0.422. The summed E-state index contributed by atoms with van der Waals surface area (Å²) in [6.07, 6.45) is 0. The number of methoxy groups -OCH3 is 1. The molecule has 0 spiro atoms. The van der Waals surface area contributed by atoms with Gasteiger partial charge in [-0.2, -0.15) is 0 Å². The van der Waals surface area contributed by atoms with Crippen LogP contribution in [0.25, 0.3) is 0 Å². The Morgan fingerprint density at radius 1 is 1.38 bits per heavy atom. The number of ether oxygens (including phenoxy) is 2. The summed E-state index contributed by atoms with van der Waals surface area (Å²) >= 11 is 0. The molecule has 0 rings (SSSR count). The van der Waals surface area contributed by atoms with Crippen LogP contribution in [0.1, 0.15) is 13.8 Å². The fourth-order valence-electron chi connectivity index (χ4n) is 0.676. The van der Waals surface area contributed by atoms with Gasteiger partial charge in [0, 0.05) is 13.7 Å². The molecule has 0 aromatic carbocycles. The van der Waals surface area contributed by atoms with Crippen LogP contribution in [0.4, 0.5) is 0 Å². The van der Waals surface area contributed by atoms with E-state index in [1.807, 2.05) is 13.8 Å².